The fourth-order valence-electron chi connectivity index (χ4n) is 1.34. The fourth-order valence-corrected chi connectivity index (χ4v) is 1.34. The number of nitrogens with one attached hydrogen (secondary N) is 1. The molecule has 74 valence electrons. The van der Waals surface area contributed by atoms with E-state index in [0.29, 0.717) is 0 Å². The van der Waals surface area contributed by atoms with Gasteiger partial charge in [0.15, 0.2) is 0 Å². The van der Waals surface area contributed by atoms with Crippen LogP contribution >= 0.6 is 0 Å². The number of aromatic nitrogens is 1. The molecule has 0 aliphatic rings. The van der Waals surface area contributed by atoms with E-state index in [0.717, 1.165) is 22.7 Å². The third-order valence-electron chi connectivity index (χ3n) is 2.08. The van der Waals surface area contributed by atoms with Gasteiger partial charge in [0.1, 0.15) is 0 Å². The molecule has 0 amide bonds. The molecule has 0 fully saturated rings. The number of hydrogen-bond donors (Lipinski definition) is 1. The zero-order chi connectivity index (χ0) is 10.7. The summed E-state index contributed by atoms with van der Waals surface area (Å²) >= 11 is 0. The van der Waals surface area contributed by atoms with Crippen LogP contribution in [0, 0.1) is 13.8 Å². The highest BCUT2D eigenvalue weighted by Crippen LogP contribution is 2.16. The van der Waals surface area contributed by atoms with E-state index in [1.165, 1.54) is 5.56 Å². The molecular formula is C12H16N2. The maximum Gasteiger partial charge on any atom is 0.0666 e. The zero-order valence-electron chi connectivity index (χ0n) is 9.02. The van der Waals surface area contributed by atoms with Crippen LogP contribution in [-0.2, 0) is 0 Å². The van der Waals surface area contributed by atoms with E-state index in [1.54, 1.807) is 0 Å². The number of aromatic amines is 1. The van der Waals surface area contributed by atoms with Gasteiger partial charge in [0.05, 0.1) is 5.70 Å². The lowest BCUT2D eigenvalue weighted by Crippen LogP contribution is -1.82. The van der Waals surface area contributed by atoms with E-state index in [1.807, 2.05) is 19.9 Å². The lowest BCUT2D eigenvalue weighted by Gasteiger charge is -1.99. The van der Waals surface area contributed by atoms with Crippen LogP contribution in [0.5, 0.6) is 0 Å². The molecule has 0 aromatic carbocycles. The summed E-state index contributed by atoms with van der Waals surface area (Å²) in [5.74, 6) is 0. The van der Waals surface area contributed by atoms with Gasteiger partial charge in [0, 0.05) is 11.4 Å². The quantitative estimate of drug-likeness (QED) is 0.557. The molecule has 0 aliphatic heterocycles. The van der Waals surface area contributed by atoms with Crippen LogP contribution in [0.3, 0.4) is 0 Å². The van der Waals surface area contributed by atoms with E-state index in [9.17, 15) is 0 Å². The summed E-state index contributed by atoms with van der Waals surface area (Å²) in [6, 6.07) is 2.10. The molecule has 0 unspecified atom stereocenters. The van der Waals surface area contributed by atoms with E-state index in [-0.39, 0.29) is 0 Å². The lowest BCUT2D eigenvalue weighted by molar-refractivity contribution is 1.23. The van der Waals surface area contributed by atoms with Gasteiger partial charge in [0.2, 0.25) is 0 Å². The molecule has 1 aromatic rings. The van der Waals surface area contributed by atoms with Crippen LogP contribution in [0.15, 0.2) is 28.9 Å². The first-order valence-corrected chi connectivity index (χ1v) is 4.55. The van der Waals surface area contributed by atoms with Gasteiger partial charge >= 0.3 is 0 Å². The van der Waals surface area contributed by atoms with E-state index < -0.39 is 0 Å². The second-order valence-electron chi connectivity index (χ2n) is 3.52. The number of hydrogen-bond acceptors (Lipinski definition) is 1. The Kier molecular flexibility index (Phi) is 3.07. The summed E-state index contributed by atoms with van der Waals surface area (Å²) in [6.07, 6.45) is 1.97. The highest BCUT2D eigenvalue weighted by Gasteiger charge is 2.01. The molecule has 0 spiro atoms. The first kappa shape index (κ1) is 10.5. The minimum absolute atomic E-state index is 0.829. The van der Waals surface area contributed by atoms with Gasteiger partial charge in [-0.05, 0) is 50.8 Å². The van der Waals surface area contributed by atoms with Crippen molar-refractivity contribution in [2.75, 3.05) is 0 Å². The molecule has 2 heteroatoms. The SMILES string of the molecule is C=N/C(=C\c1[nH]c(C)cc1C)C(=C)C. The molecule has 1 aromatic heterocycles. The third kappa shape index (κ3) is 2.22. The van der Waals surface area contributed by atoms with E-state index in [2.05, 4.69) is 36.3 Å². The normalized spacial score (nSPS) is 11.5. The third-order valence-corrected chi connectivity index (χ3v) is 2.08. The van der Waals surface area contributed by atoms with Gasteiger partial charge < -0.3 is 4.98 Å². The largest absolute Gasteiger partial charge is 0.359 e. The standard InChI is InChI=1S/C12H16N2/c1-8(2)11(13-5)7-12-9(3)6-10(4)14-12/h6-7,14H,1,5H2,2-4H3/b11-7-. The molecule has 0 saturated heterocycles. The Bertz CT molecular complexity index is 394. The van der Waals surface area contributed by atoms with Gasteiger partial charge in [0.25, 0.3) is 0 Å². The molecule has 0 aliphatic carbocycles. The predicted molar refractivity (Wildman–Crippen MR) is 62.6 cm³/mol. The summed E-state index contributed by atoms with van der Waals surface area (Å²) in [7, 11) is 0. The van der Waals surface area contributed by atoms with Gasteiger partial charge in [-0.15, -0.1) is 0 Å². The maximum atomic E-state index is 3.92. The second-order valence-corrected chi connectivity index (χ2v) is 3.52. The van der Waals surface area contributed by atoms with Gasteiger partial charge in [-0.2, -0.15) is 0 Å². The van der Waals surface area contributed by atoms with Crippen LogP contribution in [-0.4, -0.2) is 11.7 Å². The van der Waals surface area contributed by atoms with Crippen molar-refractivity contribution in [3.63, 3.8) is 0 Å². The lowest BCUT2D eigenvalue weighted by atomic mass is 10.2. The molecule has 0 saturated carbocycles. The number of allylic oxidation sites excluding steroid dienone is 1. The number of rotatable bonds is 3. The topological polar surface area (TPSA) is 28.1 Å². The Balaban J connectivity index is 3.12. The van der Waals surface area contributed by atoms with E-state index >= 15 is 0 Å². The Labute approximate surface area is 85.1 Å². The number of aryl methyl sites for hydroxylation is 2. The number of aliphatic imine (C=N–C) groups is 1. The van der Waals surface area contributed by atoms with Crippen LogP contribution in [0.4, 0.5) is 0 Å². The Hall–Kier alpha value is -1.57. The van der Waals surface area contributed by atoms with Crippen molar-refractivity contribution >= 4 is 12.8 Å². The van der Waals surface area contributed by atoms with Crippen molar-refractivity contribution in [2.24, 2.45) is 4.99 Å². The number of H-pyrrole nitrogens is 1. The monoisotopic (exact) mass is 188 g/mol. The molecule has 2 nitrogen and oxygen atoms in total. The summed E-state index contributed by atoms with van der Waals surface area (Å²) in [6.45, 7) is 13.4. The fraction of sp³-hybridized carbons (Fsp3) is 0.250. The van der Waals surface area contributed by atoms with Gasteiger partial charge in [-0.25, -0.2) is 0 Å². The molecule has 0 radical (unpaired) electrons. The number of nitrogens with zero attached hydrogens (tertiary/aromatic N) is 1. The molecule has 1 rings (SSSR count). The van der Waals surface area contributed by atoms with Crippen molar-refractivity contribution in [1.82, 2.24) is 4.98 Å². The average Bonchev–Trinajstić information content (AvgIpc) is 2.40. The first-order chi connectivity index (χ1) is 6.54. The maximum absolute atomic E-state index is 3.92. The highest BCUT2D eigenvalue weighted by molar-refractivity contribution is 5.59. The molecule has 14 heavy (non-hydrogen) atoms. The van der Waals surface area contributed by atoms with Crippen molar-refractivity contribution in [1.29, 1.82) is 0 Å². The summed E-state index contributed by atoms with van der Waals surface area (Å²) in [5, 5.41) is 0. The Morgan fingerprint density at radius 1 is 1.50 bits per heavy atom. The molecule has 0 atom stereocenters. The van der Waals surface area contributed by atoms with Crippen molar-refractivity contribution in [3.05, 3.63) is 40.9 Å². The van der Waals surface area contributed by atoms with Crippen molar-refractivity contribution in [2.45, 2.75) is 20.8 Å². The van der Waals surface area contributed by atoms with Crippen LogP contribution in [0.25, 0.3) is 6.08 Å². The summed E-state index contributed by atoms with van der Waals surface area (Å²) < 4.78 is 0. The minimum atomic E-state index is 0.829. The Morgan fingerprint density at radius 2 is 2.14 bits per heavy atom. The minimum Gasteiger partial charge on any atom is -0.359 e. The molecular weight excluding hydrogens is 172 g/mol. The molecule has 1 heterocycles. The average molecular weight is 188 g/mol. The molecule has 0 bridgehead atoms. The van der Waals surface area contributed by atoms with Crippen LogP contribution in [0.2, 0.25) is 0 Å². The van der Waals surface area contributed by atoms with Crippen molar-refractivity contribution < 1.29 is 0 Å². The summed E-state index contributed by atoms with van der Waals surface area (Å²) in [5.41, 5.74) is 5.19. The Morgan fingerprint density at radius 3 is 2.50 bits per heavy atom. The predicted octanol–water partition coefficient (Wildman–Crippen LogP) is 3.25. The first-order valence-electron chi connectivity index (χ1n) is 4.55. The van der Waals surface area contributed by atoms with Crippen molar-refractivity contribution in [3.8, 4) is 0 Å². The smallest absolute Gasteiger partial charge is 0.0666 e. The second kappa shape index (κ2) is 4.09. The zero-order valence-corrected chi connectivity index (χ0v) is 9.02. The van der Waals surface area contributed by atoms with Gasteiger partial charge in [-0.1, -0.05) is 6.58 Å². The summed E-state index contributed by atoms with van der Waals surface area (Å²) in [4.78, 5) is 7.18. The molecule has 1 N–H and O–H groups in total. The van der Waals surface area contributed by atoms with E-state index in [4.69, 9.17) is 0 Å². The van der Waals surface area contributed by atoms with Gasteiger partial charge in [-0.3, -0.25) is 4.99 Å². The van der Waals surface area contributed by atoms with Crippen LogP contribution in [0.1, 0.15) is 23.9 Å². The highest BCUT2D eigenvalue weighted by atomic mass is 14.7. The van der Waals surface area contributed by atoms with Crippen LogP contribution < -0.4 is 0 Å².